The first kappa shape index (κ1) is 15.5. The Morgan fingerprint density at radius 1 is 1.05 bits per heavy atom. The van der Waals surface area contributed by atoms with Crippen LogP contribution in [0.25, 0.3) is 11.1 Å². The maximum atomic E-state index is 9.37. The highest BCUT2D eigenvalue weighted by molar-refractivity contribution is 6.39. The molecule has 0 unspecified atom stereocenters. The van der Waals surface area contributed by atoms with Gasteiger partial charge in [-0.25, -0.2) is 0 Å². The number of hydrogen-bond donors (Lipinski definition) is 1. The molecule has 2 aromatic rings. The zero-order valence-electron chi connectivity index (χ0n) is 10.5. The lowest BCUT2D eigenvalue weighted by atomic mass is 10.1. The van der Waals surface area contributed by atoms with Gasteiger partial charge in [-0.1, -0.05) is 53.5 Å². The van der Waals surface area contributed by atoms with Crippen molar-refractivity contribution in [2.24, 2.45) is 0 Å². The van der Waals surface area contributed by atoms with Gasteiger partial charge in [-0.05, 0) is 17.7 Å². The fourth-order valence-corrected chi connectivity index (χ4v) is 2.53. The van der Waals surface area contributed by atoms with E-state index in [4.69, 9.17) is 39.5 Å². The highest BCUT2D eigenvalue weighted by Crippen LogP contribution is 2.37. The van der Waals surface area contributed by atoms with Crippen LogP contribution in [0.15, 0.2) is 42.5 Å². The van der Waals surface area contributed by atoms with E-state index in [1.165, 1.54) is 0 Å². The van der Waals surface area contributed by atoms with Crippen LogP contribution in [0.3, 0.4) is 0 Å². The topological polar surface area (TPSA) is 29.5 Å². The van der Waals surface area contributed by atoms with Gasteiger partial charge in [-0.2, -0.15) is 0 Å². The molecule has 1 N–H and O–H groups in total. The highest BCUT2D eigenvalue weighted by atomic mass is 35.5. The zero-order chi connectivity index (χ0) is 14.5. The fourth-order valence-electron chi connectivity index (χ4n) is 1.75. The van der Waals surface area contributed by atoms with Gasteiger partial charge in [-0.3, -0.25) is 0 Å². The second kappa shape index (κ2) is 7.19. The third-order valence-electron chi connectivity index (χ3n) is 2.70. The van der Waals surface area contributed by atoms with E-state index in [0.717, 1.165) is 11.1 Å². The lowest BCUT2D eigenvalue weighted by molar-refractivity contribution is 0.125. The number of benzene rings is 2. The normalized spacial score (nSPS) is 12.2. The van der Waals surface area contributed by atoms with E-state index in [-0.39, 0.29) is 12.5 Å². The molecule has 2 aromatic carbocycles. The maximum absolute atomic E-state index is 9.37. The molecular formula is C15H13Cl3O2. The maximum Gasteiger partial charge on any atom is 0.122 e. The summed E-state index contributed by atoms with van der Waals surface area (Å²) in [7, 11) is 0. The van der Waals surface area contributed by atoms with Crippen LogP contribution in [0.4, 0.5) is 0 Å². The van der Waals surface area contributed by atoms with Crippen molar-refractivity contribution in [2.75, 3.05) is 12.5 Å². The zero-order valence-corrected chi connectivity index (χ0v) is 12.8. The summed E-state index contributed by atoms with van der Waals surface area (Å²) in [4.78, 5) is 0. The van der Waals surface area contributed by atoms with Gasteiger partial charge in [-0.15, -0.1) is 11.6 Å². The number of hydrogen-bond acceptors (Lipinski definition) is 2. The van der Waals surface area contributed by atoms with Crippen LogP contribution in [0.5, 0.6) is 5.75 Å². The summed E-state index contributed by atoms with van der Waals surface area (Å²) in [5, 5.41) is 10.4. The summed E-state index contributed by atoms with van der Waals surface area (Å²) in [5.74, 6) is 0.618. The first-order valence-electron chi connectivity index (χ1n) is 6.03. The van der Waals surface area contributed by atoms with Crippen molar-refractivity contribution in [2.45, 2.75) is 6.10 Å². The number of aliphatic hydroxyl groups excluding tert-OH is 1. The van der Waals surface area contributed by atoms with E-state index in [9.17, 15) is 5.11 Å². The van der Waals surface area contributed by atoms with Crippen LogP contribution < -0.4 is 4.74 Å². The SMILES string of the molecule is O[C@H](CCl)COc1cc(Cl)c(-c2ccccc2)c(Cl)c1. The summed E-state index contributed by atoms with van der Waals surface area (Å²) < 4.78 is 5.41. The Bertz CT molecular complexity index is 550. The summed E-state index contributed by atoms with van der Waals surface area (Å²) in [5.41, 5.74) is 1.70. The molecular weight excluding hydrogens is 319 g/mol. The number of alkyl halides is 1. The van der Waals surface area contributed by atoms with Crippen molar-refractivity contribution in [1.29, 1.82) is 0 Å². The molecule has 0 bridgehead atoms. The largest absolute Gasteiger partial charge is 0.491 e. The van der Waals surface area contributed by atoms with Crippen molar-refractivity contribution in [1.82, 2.24) is 0 Å². The second-order valence-electron chi connectivity index (χ2n) is 4.25. The van der Waals surface area contributed by atoms with Gasteiger partial charge in [0.05, 0.1) is 15.9 Å². The highest BCUT2D eigenvalue weighted by Gasteiger charge is 2.12. The molecule has 0 fully saturated rings. The van der Waals surface area contributed by atoms with E-state index >= 15 is 0 Å². The van der Waals surface area contributed by atoms with Gasteiger partial charge < -0.3 is 9.84 Å². The summed E-state index contributed by atoms with van der Waals surface area (Å²) in [6, 6.07) is 13.0. The number of aliphatic hydroxyl groups is 1. The molecule has 0 amide bonds. The lowest BCUT2D eigenvalue weighted by Gasteiger charge is -2.13. The number of rotatable bonds is 5. The predicted molar refractivity (Wildman–Crippen MR) is 84.1 cm³/mol. The first-order valence-corrected chi connectivity index (χ1v) is 7.32. The Labute approximate surface area is 132 Å². The Morgan fingerprint density at radius 3 is 2.20 bits per heavy atom. The molecule has 0 saturated heterocycles. The molecule has 20 heavy (non-hydrogen) atoms. The fraction of sp³-hybridized carbons (Fsp3) is 0.200. The summed E-state index contributed by atoms with van der Waals surface area (Å²) in [6.45, 7) is 0.0981. The van der Waals surface area contributed by atoms with E-state index in [0.29, 0.717) is 15.8 Å². The molecule has 0 spiro atoms. The van der Waals surface area contributed by atoms with Gasteiger partial charge in [0.2, 0.25) is 0 Å². The number of halogens is 3. The standard InChI is InChI=1S/C15H13Cl3O2/c16-8-11(19)9-20-12-6-13(17)15(14(18)7-12)10-4-2-1-3-5-10/h1-7,11,19H,8-9H2/t11-/m1/s1. The molecule has 0 saturated carbocycles. The molecule has 5 heteroatoms. The van der Waals surface area contributed by atoms with E-state index < -0.39 is 6.10 Å². The minimum atomic E-state index is -0.719. The molecule has 0 aliphatic carbocycles. The van der Waals surface area contributed by atoms with Gasteiger partial charge in [0.1, 0.15) is 18.5 Å². The third kappa shape index (κ3) is 3.80. The molecule has 0 radical (unpaired) electrons. The third-order valence-corrected chi connectivity index (χ3v) is 3.65. The quantitative estimate of drug-likeness (QED) is 0.809. The Balaban J connectivity index is 2.25. The van der Waals surface area contributed by atoms with Crippen molar-refractivity contribution >= 4 is 34.8 Å². The first-order chi connectivity index (χ1) is 9.61. The minimum Gasteiger partial charge on any atom is -0.491 e. The van der Waals surface area contributed by atoms with Gasteiger partial charge >= 0.3 is 0 Å². The predicted octanol–water partition coefficient (Wildman–Crippen LogP) is 4.64. The summed E-state index contributed by atoms with van der Waals surface area (Å²) >= 11 is 18.0. The Kier molecular flexibility index (Phi) is 5.55. The molecule has 2 nitrogen and oxygen atoms in total. The molecule has 1 atom stereocenters. The van der Waals surface area contributed by atoms with E-state index in [2.05, 4.69) is 0 Å². The average molecular weight is 332 g/mol. The van der Waals surface area contributed by atoms with Crippen LogP contribution in [0.2, 0.25) is 10.0 Å². The van der Waals surface area contributed by atoms with Crippen LogP contribution in [-0.2, 0) is 0 Å². The van der Waals surface area contributed by atoms with Gasteiger partial charge in [0.25, 0.3) is 0 Å². The molecule has 0 aliphatic rings. The van der Waals surface area contributed by atoms with Crippen LogP contribution in [-0.4, -0.2) is 23.7 Å². The van der Waals surface area contributed by atoms with Crippen molar-refractivity contribution < 1.29 is 9.84 Å². The van der Waals surface area contributed by atoms with Gasteiger partial charge in [0.15, 0.2) is 0 Å². The van der Waals surface area contributed by atoms with Crippen LogP contribution in [0, 0.1) is 0 Å². The Hall–Kier alpha value is -0.930. The van der Waals surface area contributed by atoms with Crippen molar-refractivity contribution in [3.8, 4) is 16.9 Å². The molecule has 0 aromatic heterocycles. The monoisotopic (exact) mass is 330 g/mol. The summed E-state index contributed by atoms with van der Waals surface area (Å²) in [6.07, 6.45) is -0.719. The molecule has 0 heterocycles. The number of ether oxygens (including phenoxy) is 1. The van der Waals surface area contributed by atoms with Crippen LogP contribution >= 0.6 is 34.8 Å². The van der Waals surface area contributed by atoms with Crippen LogP contribution in [0.1, 0.15) is 0 Å². The lowest BCUT2D eigenvalue weighted by Crippen LogP contribution is -2.18. The van der Waals surface area contributed by atoms with E-state index in [1.807, 2.05) is 30.3 Å². The van der Waals surface area contributed by atoms with Crippen molar-refractivity contribution in [3.63, 3.8) is 0 Å². The second-order valence-corrected chi connectivity index (χ2v) is 5.37. The molecule has 0 aliphatic heterocycles. The van der Waals surface area contributed by atoms with Gasteiger partial charge in [0, 0.05) is 5.56 Å². The Morgan fingerprint density at radius 2 is 1.65 bits per heavy atom. The van der Waals surface area contributed by atoms with Crippen molar-refractivity contribution in [3.05, 3.63) is 52.5 Å². The average Bonchev–Trinajstić information content (AvgIpc) is 2.45. The minimum absolute atomic E-state index is 0.0981. The molecule has 2 rings (SSSR count). The molecule has 106 valence electrons. The smallest absolute Gasteiger partial charge is 0.122 e. The van der Waals surface area contributed by atoms with E-state index in [1.54, 1.807) is 12.1 Å².